The van der Waals surface area contributed by atoms with Crippen molar-refractivity contribution in [1.29, 1.82) is 5.26 Å². The van der Waals surface area contributed by atoms with Gasteiger partial charge in [-0.15, -0.1) is 0 Å². The summed E-state index contributed by atoms with van der Waals surface area (Å²) in [6.45, 7) is 0.205. The van der Waals surface area contributed by atoms with E-state index < -0.39 is 17.6 Å². The Bertz CT molecular complexity index is 1230. The van der Waals surface area contributed by atoms with Crippen molar-refractivity contribution in [2.45, 2.75) is 12.8 Å². The SMILES string of the molecule is N#C/C(=C\c1ccc(OCc2ccc(F)cc2)c(Br)c1)C(=O)Nc1cccc(C(F)(F)F)c1. The highest BCUT2D eigenvalue weighted by atomic mass is 79.9. The molecule has 3 aromatic carbocycles. The van der Waals surface area contributed by atoms with Crippen LogP contribution in [-0.4, -0.2) is 5.91 Å². The third kappa shape index (κ3) is 6.67. The van der Waals surface area contributed by atoms with Gasteiger partial charge < -0.3 is 10.1 Å². The molecule has 0 aliphatic heterocycles. The molecule has 0 saturated carbocycles. The highest BCUT2D eigenvalue weighted by Gasteiger charge is 2.30. The minimum Gasteiger partial charge on any atom is -0.488 e. The maximum absolute atomic E-state index is 13.0. The van der Waals surface area contributed by atoms with Crippen LogP contribution in [0, 0.1) is 17.1 Å². The highest BCUT2D eigenvalue weighted by molar-refractivity contribution is 9.10. The van der Waals surface area contributed by atoms with Crippen molar-refractivity contribution in [1.82, 2.24) is 0 Å². The first kappa shape index (κ1) is 24.0. The summed E-state index contributed by atoms with van der Waals surface area (Å²) in [7, 11) is 0. The summed E-state index contributed by atoms with van der Waals surface area (Å²) in [6.07, 6.45) is -3.25. The predicted molar refractivity (Wildman–Crippen MR) is 119 cm³/mol. The largest absolute Gasteiger partial charge is 0.488 e. The molecule has 3 rings (SSSR count). The summed E-state index contributed by atoms with van der Waals surface area (Å²) in [5.41, 5.74) is -0.0269. The zero-order valence-electron chi connectivity index (χ0n) is 16.8. The Morgan fingerprint density at radius 2 is 1.82 bits per heavy atom. The van der Waals surface area contributed by atoms with E-state index in [1.54, 1.807) is 36.4 Å². The van der Waals surface area contributed by atoms with Crippen molar-refractivity contribution in [2.24, 2.45) is 0 Å². The fourth-order valence-electron chi connectivity index (χ4n) is 2.75. The molecule has 0 bridgehead atoms. The van der Waals surface area contributed by atoms with Crippen LogP contribution in [-0.2, 0) is 17.6 Å². The molecule has 1 amide bonds. The number of alkyl halides is 3. The molecule has 9 heteroatoms. The van der Waals surface area contributed by atoms with Crippen molar-refractivity contribution >= 4 is 33.6 Å². The van der Waals surface area contributed by atoms with Crippen molar-refractivity contribution in [3.05, 3.63) is 99.3 Å². The second-order valence-electron chi connectivity index (χ2n) is 6.81. The number of halogens is 5. The first-order chi connectivity index (χ1) is 15.7. The van der Waals surface area contributed by atoms with Crippen LogP contribution in [0.1, 0.15) is 16.7 Å². The monoisotopic (exact) mass is 518 g/mol. The van der Waals surface area contributed by atoms with Gasteiger partial charge in [0.25, 0.3) is 5.91 Å². The Morgan fingerprint density at radius 3 is 2.45 bits per heavy atom. The van der Waals surface area contributed by atoms with Crippen LogP contribution >= 0.6 is 15.9 Å². The van der Waals surface area contributed by atoms with Gasteiger partial charge in [0.05, 0.1) is 10.0 Å². The van der Waals surface area contributed by atoms with Gasteiger partial charge >= 0.3 is 6.18 Å². The molecule has 0 atom stereocenters. The molecule has 0 saturated heterocycles. The third-order valence-corrected chi connectivity index (χ3v) is 5.01. The van der Waals surface area contributed by atoms with Gasteiger partial charge in [-0.3, -0.25) is 4.79 Å². The van der Waals surface area contributed by atoms with Gasteiger partial charge in [-0.05, 0) is 75.6 Å². The first-order valence-corrected chi connectivity index (χ1v) is 10.2. The lowest BCUT2D eigenvalue weighted by Crippen LogP contribution is -2.14. The summed E-state index contributed by atoms with van der Waals surface area (Å²) in [5.74, 6) is -0.700. The number of nitriles is 1. The van der Waals surface area contributed by atoms with E-state index in [9.17, 15) is 27.6 Å². The van der Waals surface area contributed by atoms with E-state index in [2.05, 4.69) is 21.2 Å². The second kappa shape index (κ2) is 10.3. The van der Waals surface area contributed by atoms with Gasteiger partial charge in [-0.2, -0.15) is 18.4 Å². The quantitative estimate of drug-likeness (QED) is 0.223. The van der Waals surface area contributed by atoms with Crippen LogP contribution in [0.3, 0.4) is 0 Å². The van der Waals surface area contributed by atoms with Crippen molar-refractivity contribution in [2.75, 3.05) is 5.32 Å². The lowest BCUT2D eigenvalue weighted by Gasteiger charge is -2.10. The normalized spacial score (nSPS) is 11.6. The molecule has 0 heterocycles. The molecule has 3 aromatic rings. The molecule has 33 heavy (non-hydrogen) atoms. The number of nitrogens with zero attached hydrogens (tertiary/aromatic N) is 1. The van der Waals surface area contributed by atoms with E-state index in [0.717, 1.165) is 23.8 Å². The number of carbonyl (C=O) groups is 1. The third-order valence-electron chi connectivity index (χ3n) is 4.39. The number of hydrogen-bond donors (Lipinski definition) is 1. The molecule has 0 aliphatic rings. The maximum Gasteiger partial charge on any atom is 0.416 e. The second-order valence-corrected chi connectivity index (χ2v) is 7.66. The summed E-state index contributed by atoms with van der Waals surface area (Å²) in [6, 6.07) is 16.6. The summed E-state index contributed by atoms with van der Waals surface area (Å²) < 4.78 is 57.8. The zero-order valence-corrected chi connectivity index (χ0v) is 18.4. The first-order valence-electron chi connectivity index (χ1n) is 9.43. The Balaban J connectivity index is 1.71. The Morgan fingerprint density at radius 1 is 1.09 bits per heavy atom. The average Bonchev–Trinajstić information content (AvgIpc) is 2.77. The average molecular weight is 519 g/mol. The molecule has 0 unspecified atom stereocenters. The maximum atomic E-state index is 13.0. The Kier molecular flexibility index (Phi) is 7.51. The lowest BCUT2D eigenvalue weighted by atomic mass is 10.1. The molecule has 0 spiro atoms. The number of anilines is 1. The van der Waals surface area contributed by atoms with Crippen LogP contribution in [0.15, 0.2) is 76.8 Å². The molecule has 168 valence electrons. The van der Waals surface area contributed by atoms with E-state index in [1.807, 2.05) is 0 Å². The van der Waals surface area contributed by atoms with Crippen LogP contribution < -0.4 is 10.1 Å². The zero-order chi connectivity index (χ0) is 24.0. The minimum atomic E-state index is -4.55. The molecular formula is C24H15BrF4N2O2. The van der Waals surface area contributed by atoms with E-state index in [0.29, 0.717) is 15.8 Å². The predicted octanol–water partition coefficient (Wildman–Crippen LogP) is 6.73. The summed E-state index contributed by atoms with van der Waals surface area (Å²) in [5, 5.41) is 11.7. The number of benzene rings is 3. The topological polar surface area (TPSA) is 62.1 Å². The van der Waals surface area contributed by atoms with E-state index in [4.69, 9.17) is 4.74 Å². The minimum absolute atomic E-state index is 0.0818. The number of ether oxygens (including phenoxy) is 1. The molecule has 0 radical (unpaired) electrons. The van der Waals surface area contributed by atoms with Crippen LogP contribution in [0.25, 0.3) is 6.08 Å². The fourth-order valence-corrected chi connectivity index (χ4v) is 3.26. The van der Waals surface area contributed by atoms with Crippen molar-refractivity contribution < 1.29 is 27.1 Å². The van der Waals surface area contributed by atoms with Gasteiger partial charge in [-0.25, -0.2) is 4.39 Å². The van der Waals surface area contributed by atoms with E-state index >= 15 is 0 Å². The van der Waals surface area contributed by atoms with Crippen molar-refractivity contribution in [3.63, 3.8) is 0 Å². The Hall–Kier alpha value is -3.64. The molecular weight excluding hydrogens is 504 g/mol. The highest BCUT2D eigenvalue weighted by Crippen LogP contribution is 2.31. The number of nitrogens with one attached hydrogen (secondary N) is 1. The molecule has 0 aromatic heterocycles. The standard InChI is InChI=1S/C24H15BrF4N2O2/c25-21-11-16(6-9-22(21)33-14-15-4-7-19(26)8-5-15)10-17(13-30)23(32)31-20-3-1-2-18(12-20)24(27,28)29/h1-12H,14H2,(H,31,32)/b17-10+. The smallest absolute Gasteiger partial charge is 0.416 e. The molecule has 0 aliphatic carbocycles. The number of carbonyl (C=O) groups excluding carboxylic acids is 1. The van der Waals surface area contributed by atoms with Crippen LogP contribution in [0.2, 0.25) is 0 Å². The number of amides is 1. The number of rotatable bonds is 6. The molecule has 4 nitrogen and oxygen atoms in total. The summed E-state index contributed by atoms with van der Waals surface area (Å²) in [4.78, 5) is 12.4. The van der Waals surface area contributed by atoms with Gasteiger partial charge in [-0.1, -0.05) is 24.3 Å². The van der Waals surface area contributed by atoms with E-state index in [1.165, 1.54) is 24.3 Å². The Labute approximate surface area is 195 Å². The summed E-state index contributed by atoms with van der Waals surface area (Å²) >= 11 is 3.36. The van der Waals surface area contributed by atoms with Crippen LogP contribution in [0.4, 0.5) is 23.2 Å². The van der Waals surface area contributed by atoms with Gasteiger partial charge in [0, 0.05) is 5.69 Å². The van der Waals surface area contributed by atoms with E-state index in [-0.39, 0.29) is 23.7 Å². The van der Waals surface area contributed by atoms with Gasteiger partial charge in [0.15, 0.2) is 0 Å². The van der Waals surface area contributed by atoms with Crippen molar-refractivity contribution in [3.8, 4) is 11.8 Å². The van der Waals surface area contributed by atoms with Gasteiger partial charge in [0.2, 0.25) is 0 Å². The lowest BCUT2D eigenvalue weighted by molar-refractivity contribution is -0.137. The van der Waals surface area contributed by atoms with Crippen LogP contribution in [0.5, 0.6) is 5.75 Å². The molecule has 1 N–H and O–H groups in total. The fraction of sp³-hybridized carbons (Fsp3) is 0.0833. The number of hydrogen-bond acceptors (Lipinski definition) is 3. The molecule has 0 fully saturated rings. The van der Waals surface area contributed by atoms with Gasteiger partial charge in [0.1, 0.15) is 29.8 Å².